The highest BCUT2D eigenvalue weighted by molar-refractivity contribution is 5.72. The van der Waals surface area contributed by atoms with Gasteiger partial charge in [-0.15, -0.1) is 0 Å². The third-order valence-corrected chi connectivity index (χ3v) is 2.87. The van der Waals surface area contributed by atoms with Crippen LogP contribution in [0.5, 0.6) is 0 Å². The normalized spacial score (nSPS) is 13.9. The van der Waals surface area contributed by atoms with Crippen LogP contribution in [0, 0.1) is 5.92 Å². The minimum atomic E-state index is -0.755. The Morgan fingerprint density at radius 1 is 1.62 bits per heavy atom. The van der Waals surface area contributed by atoms with Crippen molar-refractivity contribution in [3.63, 3.8) is 0 Å². The van der Waals surface area contributed by atoms with Crippen LogP contribution in [0.15, 0.2) is 6.20 Å². The van der Waals surface area contributed by atoms with Crippen LogP contribution in [0.2, 0.25) is 0 Å². The SMILES string of the molecule is CC(C)Cc1c(CC(=O)O)cn2c1NCC2. The maximum atomic E-state index is 10.8. The van der Waals surface area contributed by atoms with Gasteiger partial charge >= 0.3 is 5.97 Å². The van der Waals surface area contributed by atoms with E-state index in [-0.39, 0.29) is 6.42 Å². The minimum Gasteiger partial charge on any atom is -0.481 e. The van der Waals surface area contributed by atoms with E-state index in [2.05, 4.69) is 23.7 Å². The molecule has 4 heteroatoms. The maximum absolute atomic E-state index is 10.8. The molecule has 0 bridgehead atoms. The average Bonchev–Trinajstić information content (AvgIpc) is 2.68. The van der Waals surface area contributed by atoms with Crippen LogP contribution in [0.4, 0.5) is 5.82 Å². The quantitative estimate of drug-likeness (QED) is 0.816. The van der Waals surface area contributed by atoms with E-state index in [0.717, 1.165) is 30.9 Å². The van der Waals surface area contributed by atoms with Gasteiger partial charge in [0.1, 0.15) is 5.82 Å². The molecule has 0 aromatic carbocycles. The highest BCUT2D eigenvalue weighted by Gasteiger charge is 2.21. The molecule has 0 aliphatic carbocycles. The number of hydrogen-bond donors (Lipinski definition) is 2. The van der Waals surface area contributed by atoms with Crippen molar-refractivity contribution in [1.82, 2.24) is 4.57 Å². The molecular weight excluding hydrogens is 204 g/mol. The highest BCUT2D eigenvalue weighted by atomic mass is 16.4. The van der Waals surface area contributed by atoms with Crippen LogP contribution in [0.3, 0.4) is 0 Å². The summed E-state index contributed by atoms with van der Waals surface area (Å²) in [5.74, 6) is 0.918. The lowest BCUT2D eigenvalue weighted by Gasteiger charge is -2.08. The van der Waals surface area contributed by atoms with E-state index in [9.17, 15) is 4.79 Å². The third kappa shape index (κ3) is 2.05. The summed E-state index contributed by atoms with van der Waals surface area (Å²) in [6, 6.07) is 0. The summed E-state index contributed by atoms with van der Waals surface area (Å²) in [6.45, 7) is 6.21. The number of nitrogens with zero attached hydrogens (tertiary/aromatic N) is 1. The molecule has 0 saturated heterocycles. The van der Waals surface area contributed by atoms with Gasteiger partial charge in [-0.05, 0) is 23.5 Å². The molecule has 1 aliphatic rings. The van der Waals surface area contributed by atoms with Crippen molar-refractivity contribution in [3.8, 4) is 0 Å². The third-order valence-electron chi connectivity index (χ3n) is 2.87. The number of rotatable bonds is 4. The summed E-state index contributed by atoms with van der Waals surface area (Å²) >= 11 is 0. The lowest BCUT2D eigenvalue weighted by atomic mass is 9.99. The van der Waals surface area contributed by atoms with Crippen LogP contribution in [0.25, 0.3) is 0 Å². The second kappa shape index (κ2) is 4.20. The van der Waals surface area contributed by atoms with E-state index in [1.165, 1.54) is 5.56 Å². The lowest BCUT2D eigenvalue weighted by molar-refractivity contribution is -0.136. The summed E-state index contributed by atoms with van der Waals surface area (Å²) < 4.78 is 2.13. The molecule has 1 aromatic heterocycles. The Morgan fingerprint density at radius 3 is 3.00 bits per heavy atom. The molecule has 2 N–H and O–H groups in total. The van der Waals surface area contributed by atoms with Gasteiger partial charge in [-0.1, -0.05) is 13.8 Å². The molecule has 16 heavy (non-hydrogen) atoms. The summed E-state index contributed by atoms with van der Waals surface area (Å²) in [5.41, 5.74) is 2.15. The first-order chi connectivity index (χ1) is 7.58. The van der Waals surface area contributed by atoms with Crippen molar-refractivity contribution in [3.05, 3.63) is 17.3 Å². The molecule has 88 valence electrons. The number of anilines is 1. The second-order valence-electron chi connectivity index (χ2n) is 4.77. The van der Waals surface area contributed by atoms with Crippen molar-refractivity contribution < 1.29 is 9.90 Å². The van der Waals surface area contributed by atoms with Gasteiger partial charge in [0, 0.05) is 19.3 Å². The fourth-order valence-electron chi connectivity index (χ4n) is 2.29. The standard InChI is InChI=1S/C12H18N2O2/c1-8(2)5-10-9(6-11(15)16)7-14-4-3-13-12(10)14/h7-8,13H,3-6H2,1-2H3,(H,15,16). The molecular formula is C12H18N2O2. The summed E-state index contributed by atoms with van der Waals surface area (Å²) in [5, 5.41) is 12.2. The molecule has 1 aliphatic heterocycles. The molecule has 0 unspecified atom stereocenters. The Morgan fingerprint density at radius 2 is 2.38 bits per heavy atom. The van der Waals surface area contributed by atoms with E-state index < -0.39 is 5.97 Å². The highest BCUT2D eigenvalue weighted by Crippen LogP contribution is 2.29. The van der Waals surface area contributed by atoms with Gasteiger partial charge in [0.05, 0.1) is 6.42 Å². The zero-order valence-electron chi connectivity index (χ0n) is 9.79. The fourth-order valence-corrected chi connectivity index (χ4v) is 2.29. The molecule has 0 atom stereocenters. The first-order valence-corrected chi connectivity index (χ1v) is 5.74. The zero-order chi connectivity index (χ0) is 11.7. The molecule has 2 heterocycles. The Bertz CT molecular complexity index is 407. The maximum Gasteiger partial charge on any atom is 0.307 e. The molecule has 0 amide bonds. The van der Waals surface area contributed by atoms with Crippen LogP contribution >= 0.6 is 0 Å². The number of carbonyl (C=O) groups is 1. The van der Waals surface area contributed by atoms with Gasteiger partial charge in [0.25, 0.3) is 0 Å². The number of fused-ring (bicyclic) bond motifs is 1. The predicted molar refractivity (Wildman–Crippen MR) is 62.8 cm³/mol. The number of nitrogens with one attached hydrogen (secondary N) is 1. The molecule has 0 spiro atoms. The topological polar surface area (TPSA) is 54.3 Å². The van der Waals surface area contributed by atoms with Crippen LogP contribution < -0.4 is 5.32 Å². The molecule has 0 radical (unpaired) electrons. The minimum absolute atomic E-state index is 0.129. The van der Waals surface area contributed by atoms with Gasteiger partial charge in [0.2, 0.25) is 0 Å². The van der Waals surface area contributed by atoms with E-state index in [4.69, 9.17) is 5.11 Å². The molecule has 2 rings (SSSR count). The van der Waals surface area contributed by atoms with Crippen molar-refractivity contribution >= 4 is 11.8 Å². The van der Waals surface area contributed by atoms with Gasteiger partial charge in [-0.3, -0.25) is 4.79 Å². The van der Waals surface area contributed by atoms with Gasteiger partial charge in [-0.2, -0.15) is 0 Å². The van der Waals surface area contributed by atoms with Crippen LogP contribution in [-0.2, 0) is 24.2 Å². The van der Waals surface area contributed by atoms with Crippen molar-refractivity contribution in [1.29, 1.82) is 0 Å². The van der Waals surface area contributed by atoms with E-state index in [1.807, 2.05) is 6.20 Å². The van der Waals surface area contributed by atoms with Crippen molar-refractivity contribution in [2.75, 3.05) is 11.9 Å². The Kier molecular flexibility index (Phi) is 2.90. The van der Waals surface area contributed by atoms with Crippen molar-refractivity contribution in [2.45, 2.75) is 33.2 Å². The monoisotopic (exact) mass is 222 g/mol. The smallest absolute Gasteiger partial charge is 0.307 e. The lowest BCUT2D eigenvalue weighted by Crippen LogP contribution is -2.06. The first-order valence-electron chi connectivity index (χ1n) is 5.74. The number of carboxylic acids is 1. The molecule has 0 fully saturated rings. The molecule has 1 aromatic rings. The van der Waals surface area contributed by atoms with E-state index >= 15 is 0 Å². The predicted octanol–water partition coefficient (Wildman–Crippen LogP) is 1.74. The molecule has 4 nitrogen and oxygen atoms in total. The number of aromatic nitrogens is 1. The first kappa shape index (κ1) is 11.0. The Balaban J connectivity index is 2.32. The molecule has 0 saturated carbocycles. The zero-order valence-corrected chi connectivity index (χ0v) is 9.79. The van der Waals surface area contributed by atoms with Gasteiger partial charge in [-0.25, -0.2) is 0 Å². The largest absolute Gasteiger partial charge is 0.481 e. The van der Waals surface area contributed by atoms with Crippen LogP contribution in [-0.4, -0.2) is 22.2 Å². The fraction of sp³-hybridized carbons (Fsp3) is 0.583. The number of aliphatic carboxylic acids is 1. The summed E-state index contributed by atoms with van der Waals surface area (Å²) in [7, 11) is 0. The Hall–Kier alpha value is -1.45. The Labute approximate surface area is 95.3 Å². The van der Waals surface area contributed by atoms with Crippen molar-refractivity contribution in [2.24, 2.45) is 5.92 Å². The van der Waals surface area contributed by atoms with Gasteiger partial charge in [0.15, 0.2) is 0 Å². The number of carboxylic acid groups (broad SMARTS) is 1. The van der Waals surface area contributed by atoms with E-state index in [1.54, 1.807) is 0 Å². The van der Waals surface area contributed by atoms with Gasteiger partial charge < -0.3 is 15.0 Å². The van der Waals surface area contributed by atoms with E-state index in [0.29, 0.717) is 5.92 Å². The summed E-state index contributed by atoms with van der Waals surface area (Å²) in [4.78, 5) is 10.8. The summed E-state index contributed by atoms with van der Waals surface area (Å²) in [6.07, 6.45) is 3.06. The average molecular weight is 222 g/mol. The second-order valence-corrected chi connectivity index (χ2v) is 4.77. The van der Waals surface area contributed by atoms with Crippen LogP contribution in [0.1, 0.15) is 25.0 Å². The number of hydrogen-bond acceptors (Lipinski definition) is 2.